The number of hydrogen-bond acceptors (Lipinski definition) is 5. The number of nitrogens with zero attached hydrogens (tertiary/aromatic N) is 3. The fraction of sp³-hybridized carbons (Fsp3) is 0.722. The first-order valence-corrected chi connectivity index (χ1v) is 9.00. The van der Waals surface area contributed by atoms with Gasteiger partial charge in [0, 0.05) is 37.4 Å². The van der Waals surface area contributed by atoms with Gasteiger partial charge in [-0.1, -0.05) is 12.5 Å². The van der Waals surface area contributed by atoms with Gasteiger partial charge < -0.3 is 10.0 Å². The average Bonchev–Trinajstić information content (AvgIpc) is 2.62. The normalized spacial score (nSPS) is 23.0. The van der Waals surface area contributed by atoms with Gasteiger partial charge in [-0.25, -0.2) is 0 Å². The van der Waals surface area contributed by atoms with Crippen LogP contribution in [0.1, 0.15) is 43.7 Å². The van der Waals surface area contributed by atoms with E-state index in [-0.39, 0.29) is 6.10 Å². The van der Waals surface area contributed by atoms with Crippen LogP contribution in [0.3, 0.4) is 0 Å². The predicted molar refractivity (Wildman–Crippen MR) is 90.0 cm³/mol. The fourth-order valence-corrected chi connectivity index (χ4v) is 3.58. The molecule has 1 N–H and O–H groups in total. The minimum atomic E-state index is -0.387. The van der Waals surface area contributed by atoms with Crippen LogP contribution in [0.25, 0.3) is 0 Å². The van der Waals surface area contributed by atoms with Gasteiger partial charge in [-0.3, -0.25) is 9.82 Å². The molecule has 2 aliphatic heterocycles. The van der Waals surface area contributed by atoms with Crippen LogP contribution in [0.5, 0.6) is 0 Å². The topological polar surface area (TPSA) is 48.8 Å². The smallest absolute Gasteiger partial charge is 0.0957 e. The van der Waals surface area contributed by atoms with Crippen LogP contribution in [-0.4, -0.2) is 65.5 Å². The van der Waals surface area contributed by atoms with Gasteiger partial charge >= 0.3 is 0 Å². The van der Waals surface area contributed by atoms with Crippen LogP contribution in [0.2, 0.25) is 0 Å². The van der Waals surface area contributed by atoms with Crippen molar-refractivity contribution in [2.24, 2.45) is 0 Å². The molecule has 0 amide bonds. The lowest BCUT2D eigenvalue weighted by Crippen LogP contribution is -2.41. The lowest BCUT2D eigenvalue weighted by Gasteiger charge is -2.32. The molecule has 3 heterocycles. The van der Waals surface area contributed by atoms with Crippen molar-refractivity contribution in [1.29, 1.82) is 0 Å². The molecule has 1 unspecified atom stereocenters. The third kappa shape index (κ3) is 5.24. The number of aliphatic hydroxyl groups is 1. The highest BCUT2D eigenvalue weighted by molar-refractivity contribution is 5.10. The largest absolute Gasteiger partial charge is 0.389 e. The zero-order chi connectivity index (χ0) is 15.9. The Hall–Kier alpha value is -1.01. The van der Waals surface area contributed by atoms with Gasteiger partial charge in [0.15, 0.2) is 0 Å². The van der Waals surface area contributed by atoms with Crippen LogP contribution < -0.4 is 0 Å². The minimum Gasteiger partial charge on any atom is -0.389 e. The lowest BCUT2D eigenvalue weighted by atomic mass is 9.94. The number of hydroxylamine groups is 2. The summed E-state index contributed by atoms with van der Waals surface area (Å²) in [5.41, 5.74) is 1.19. The van der Waals surface area contributed by atoms with E-state index >= 15 is 0 Å². The minimum absolute atomic E-state index is 0.387. The fourth-order valence-electron chi connectivity index (χ4n) is 3.58. The van der Waals surface area contributed by atoms with Gasteiger partial charge in [0.2, 0.25) is 0 Å². The summed E-state index contributed by atoms with van der Waals surface area (Å²) in [7, 11) is 0. The van der Waals surface area contributed by atoms with Crippen molar-refractivity contribution in [3.63, 3.8) is 0 Å². The molecule has 1 atom stereocenters. The van der Waals surface area contributed by atoms with Gasteiger partial charge in [-0.2, -0.15) is 5.06 Å². The molecule has 128 valence electrons. The average molecular weight is 319 g/mol. The maximum Gasteiger partial charge on any atom is 0.0957 e. The predicted octanol–water partition coefficient (Wildman–Crippen LogP) is 2.04. The van der Waals surface area contributed by atoms with Crippen molar-refractivity contribution in [1.82, 2.24) is 14.9 Å². The van der Waals surface area contributed by atoms with Crippen molar-refractivity contribution in [3.8, 4) is 0 Å². The molecular formula is C18H29N3O2. The van der Waals surface area contributed by atoms with E-state index in [1.165, 1.54) is 25.0 Å². The third-order valence-electron chi connectivity index (χ3n) is 4.93. The van der Waals surface area contributed by atoms with Gasteiger partial charge in [-0.05, 0) is 50.9 Å². The Labute approximate surface area is 139 Å². The molecule has 23 heavy (non-hydrogen) atoms. The van der Waals surface area contributed by atoms with E-state index in [1.54, 1.807) is 0 Å². The summed E-state index contributed by atoms with van der Waals surface area (Å²) in [5, 5.41) is 12.2. The second-order valence-electron chi connectivity index (χ2n) is 6.77. The van der Waals surface area contributed by atoms with Crippen LogP contribution in [-0.2, 0) is 4.84 Å². The summed E-state index contributed by atoms with van der Waals surface area (Å²) >= 11 is 0. The molecule has 3 rings (SSSR count). The molecule has 1 aromatic rings. The summed E-state index contributed by atoms with van der Waals surface area (Å²) in [6.07, 6.45) is 7.46. The maximum atomic E-state index is 10.2. The number of hydrogen-bond donors (Lipinski definition) is 1. The number of β-amino-alcohol motifs (C(OH)–C–C–N with tert-alkyl or cyclic N) is 1. The van der Waals surface area contributed by atoms with Gasteiger partial charge in [-0.15, -0.1) is 0 Å². The van der Waals surface area contributed by atoms with E-state index in [9.17, 15) is 5.11 Å². The highest BCUT2D eigenvalue weighted by Crippen LogP contribution is 2.26. The van der Waals surface area contributed by atoms with Gasteiger partial charge in [0.1, 0.15) is 0 Å². The Morgan fingerprint density at radius 1 is 1.13 bits per heavy atom. The lowest BCUT2D eigenvalue weighted by molar-refractivity contribution is -0.190. The van der Waals surface area contributed by atoms with Gasteiger partial charge in [0.25, 0.3) is 0 Å². The molecule has 1 aromatic heterocycles. The molecule has 5 nitrogen and oxygen atoms in total. The molecule has 0 spiro atoms. The summed E-state index contributed by atoms with van der Waals surface area (Å²) in [6.45, 7) is 5.21. The Bertz CT molecular complexity index is 443. The van der Waals surface area contributed by atoms with E-state index in [0.717, 1.165) is 45.6 Å². The first-order chi connectivity index (χ1) is 11.3. The highest BCUT2D eigenvalue weighted by Gasteiger charge is 2.23. The highest BCUT2D eigenvalue weighted by atomic mass is 16.7. The van der Waals surface area contributed by atoms with Crippen molar-refractivity contribution in [2.45, 2.75) is 44.1 Å². The molecule has 2 aliphatic rings. The maximum absolute atomic E-state index is 10.2. The summed E-state index contributed by atoms with van der Waals surface area (Å²) < 4.78 is 0. The molecule has 2 saturated heterocycles. The van der Waals surface area contributed by atoms with Crippen molar-refractivity contribution >= 4 is 0 Å². The van der Waals surface area contributed by atoms with Crippen molar-refractivity contribution in [3.05, 3.63) is 30.1 Å². The molecule has 0 radical (unpaired) electrons. The third-order valence-corrected chi connectivity index (χ3v) is 4.93. The zero-order valence-electron chi connectivity index (χ0n) is 13.9. The number of aliphatic hydroxyl groups excluding tert-OH is 1. The van der Waals surface area contributed by atoms with E-state index in [4.69, 9.17) is 4.84 Å². The van der Waals surface area contributed by atoms with E-state index in [0.29, 0.717) is 12.5 Å². The molecule has 0 saturated carbocycles. The summed E-state index contributed by atoms with van der Waals surface area (Å²) in [6, 6.07) is 6.14. The van der Waals surface area contributed by atoms with E-state index < -0.39 is 0 Å². The molecule has 5 heteroatoms. The number of piperidine rings is 2. The summed E-state index contributed by atoms with van der Waals surface area (Å²) in [4.78, 5) is 12.6. The molecular weight excluding hydrogens is 290 g/mol. The first kappa shape index (κ1) is 16.8. The Morgan fingerprint density at radius 2 is 1.91 bits per heavy atom. The van der Waals surface area contributed by atoms with Crippen molar-refractivity contribution < 1.29 is 9.94 Å². The Kier molecular flexibility index (Phi) is 6.39. The quantitative estimate of drug-likeness (QED) is 0.869. The molecule has 0 aliphatic carbocycles. The van der Waals surface area contributed by atoms with Crippen LogP contribution in [0.4, 0.5) is 0 Å². The Balaban J connectivity index is 1.34. The standard InChI is InChI=1S/C18H29N3O2/c22-17(14-20-10-4-1-5-11-20)15-23-21-12-7-16(8-13-21)18-6-2-3-9-19-18/h2-3,6,9,16-17,22H,1,4-5,7-8,10-15H2. The van der Waals surface area contributed by atoms with Crippen LogP contribution >= 0.6 is 0 Å². The van der Waals surface area contributed by atoms with E-state index in [1.807, 2.05) is 17.3 Å². The molecule has 0 aromatic carbocycles. The zero-order valence-corrected chi connectivity index (χ0v) is 13.9. The summed E-state index contributed by atoms with van der Waals surface area (Å²) in [5.74, 6) is 0.536. The monoisotopic (exact) mass is 319 g/mol. The second-order valence-corrected chi connectivity index (χ2v) is 6.77. The van der Waals surface area contributed by atoms with Crippen LogP contribution in [0, 0.1) is 0 Å². The second kappa shape index (κ2) is 8.73. The van der Waals surface area contributed by atoms with E-state index in [2.05, 4.69) is 22.0 Å². The number of rotatable bonds is 6. The van der Waals surface area contributed by atoms with Crippen LogP contribution in [0.15, 0.2) is 24.4 Å². The first-order valence-electron chi connectivity index (χ1n) is 9.00. The number of pyridine rings is 1. The molecule has 2 fully saturated rings. The molecule has 0 bridgehead atoms. The SMILES string of the molecule is OC(CON1CCC(c2ccccn2)CC1)CN1CCCCC1. The number of aromatic nitrogens is 1. The number of likely N-dealkylation sites (tertiary alicyclic amines) is 1. The van der Waals surface area contributed by atoms with Gasteiger partial charge in [0.05, 0.1) is 12.7 Å². The van der Waals surface area contributed by atoms with Crippen molar-refractivity contribution in [2.75, 3.05) is 39.3 Å². The Morgan fingerprint density at radius 3 is 2.61 bits per heavy atom.